The molecule has 2 aromatic carbocycles. The first-order valence-electron chi connectivity index (χ1n) is 10.1. The van der Waals surface area contributed by atoms with Crippen molar-refractivity contribution >= 4 is 29.2 Å². The lowest BCUT2D eigenvalue weighted by atomic mass is 9.97. The quantitative estimate of drug-likeness (QED) is 0.500. The predicted molar refractivity (Wildman–Crippen MR) is 119 cm³/mol. The number of halogens is 3. The Balaban J connectivity index is 1.54. The van der Waals surface area contributed by atoms with Crippen LogP contribution in [0.15, 0.2) is 65.9 Å². The zero-order valence-corrected chi connectivity index (χ0v) is 17.3. The minimum atomic E-state index is -4.54. The second-order valence-corrected chi connectivity index (χ2v) is 7.54. The molecule has 0 spiro atoms. The molecule has 2 heterocycles. The Labute approximate surface area is 183 Å². The number of rotatable bonds is 6. The summed E-state index contributed by atoms with van der Waals surface area (Å²) in [5, 5.41) is 5.65. The molecule has 0 bridgehead atoms. The summed E-state index contributed by atoms with van der Waals surface area (Å²) >= 11 is 0. The summed E-state index contributed by atoms with van der Waals surface area (Å²) in [7, 11) is 0. The Hall–Kier alpha value is -3.68. The lowest BCUT2D eigenvalue weighted by molar-refractivity contribution is -0.137. The summed E-state index contributed by atoms with van der Waals surface area (Å²) in [6.45, 7) is 2.22. The van der Waals surface area contributed by atoms with Crippen molar-refractivity contribution in [1.82, 2.24) is 4.98 Å². The fraction of sp³-hybridized carbons (Fsp3) is 0.208. The SMILES string of the molecule is Cc1cccc2c1C(C=Nc1ccc(NCCc3ccncc3)c(C(F)(F)F)c1)C(=O)N2. The molecule has 0 fully saturated rings. The third-order valence-electron chi connectivity index (χ3n) is 5.34. The van der Waals surface area contributed by atoms with Gasteiger partial charge >= 0.3 is 6.18 Å². The van der Waals surface area contributed by atoms with E-state index in [4.69, 9.17) is 0 Å². The molecule has 1 unspecified atom stereocenters. The van der Waals surface area contributed by atoms with Gasteiger partial charge in [-0.25, -0.2) is 0 Å². The van der Waals surface area contributed by atoms with E-state index < -0.39 is 17.7 Å². The van der Waals surface area contributed by atoms with E-state index in [1.807, 2.05) is 31.2 Å². The second-order valence-electron chi connectivity index (χ2n) is 7.54. The molecule has 1 amide bonds. The van der Waals surface area contributed by atoms with Gasteiger partial charge in [-0.15, -0.1) is 0 Å². The van der Waals surface area contributed by atoms with Gasteiger partial charge in [0, 0.05) is 36.5 Å². The van der Waals surface area contributed by atoms with Crippen molar-refractivity contribution in [2.45, 2.75) is 25.4 Å². The van der Waals surface area contributed by atoms with E-state index in [1.165, 1.54) is 18.3 Å². The van der Waals surface area contributed by atoms with Crippen LogP contribution in [0.3, 0.4) is 0 Å². The molecule has 5 nitrogen and oxygen atoms in total. The average molecular weight is 438 g/mol. The van der Waals surface area contributed by atoms with Crippen LogP contribution in [0, 0.1) is 6.92 Å². The number of aliphatic imine (C=N–C) groups is 1. The predicted octanol–water partition coefficient (Wildman–Crippen LogP) is 5.50. The van der Waals surface area contributed by atoms with Gasteiger partial charge in [0.05, 0.1) is 11.3 Å². The standard InChI is InChI=1S/C24H21F3N4O/c1-15-3-2-4-21-22(15)18(23(32)31-21)14-30-17-5-6-20(19(13-17)24(25,26)27)29-12-9-16-7-10-28-11-8-16/h2-8,10-11,13-14,18,29H,9,12H2,1H3,(H,31,32). The van der Waals surface area contributed by atoms with E-state index in [2.05, 4.69) is 20.6 Å². The molecule has 1 aliphatic rings. The molecule has 0 saturated heterocycles. The number of nitrogens with zero attached hydrogens (tertiary/aromatic N) is 2. The van der Waals surface area contributed by atoms with Crippen molar-refractivity contribution in [2.75, 3.05) is 17.2 Å². The Bertz CT molecular complexity index is 1160. The molecular weight excluding hydrogens is 417 g/mol. The van der Waals surface area contributed by atoms with Crippen LogP contribution in [-0.4, -0.2) is 23.7 Å². The summed E-state index contributed by atoms with van der Waals surface area (Å²) in [4.78, 5) is 20.5. The number of amides is 1. The molecule has 0 aliphatic carbocycles. The van der Waals surface area contributed by atoms with Crippen molar-refractivity contribution in [3.63, 3.8) is 0 Å². The molecule has 8 heteroatoms. The van der Waals surface area contributed by atoms with Gasteiger partial charge in [-0.2, -0.15) is 13.2 Å². The monoisotopic (exact) mass is 438 g/mol. The van der Waals surface area contributed by atoms with Crippen LogP contribution in [0.5, 0.6) is 0 Å². The van der Waals surface area contributed by atoms with E-state index in [0.29, 0.717) is 18.7 Å². The maximum absolute atomic E-state index is 13.7. The molecule has 2 N–H and O–H groups in total. The normalized spacial score (nSPS) is 15.6. The Morgan fingerprint density at radius 3 is 2.69 bits per heavy atom. The highest BCUT2D eigenvalue weighted by atomic mass is 19.4. The first kappa shape index (κ1) is 21.5. The number of pyridine rings is 1. The summed E-state index contributed by atoms with van der Waals surface area (Å²) in [5.74, 6) is -0.887. The van der Waals surface area contributed by atoms with Gasteiger partial charge in [-0.05, 0) is 66.4 Å². The van der Waals surface area contributed by atoms with Crippen LogP contribution >= 0.6 is 0 Å². The highest BCUT2D eigenvalue weighted by Crippen LogP contribution is 2.38. The third kappa shape index (κ3) is 4.64. The Morgan fingerprint density at radius 1 is 1.16 bits per heavy atom. The molecule has 3 aromatic rings. The fourth-order valence-electron chi connectivity index (χ4n) is 3.74. The van der Waals surface area contributed by atoms with Gasteiger partial charge in [-0.3, -0.25) is 14.8 Å². The number of carbonyl (C=O) groups excluding carboxylic acids is 1. The number of benzene rings is 2. The molecule has 1 aromatic heterocycles. The number of hydrogen-bond donors (Lipinski definition) is 2. The van der Waals surface area contributed by atoms with Crippen molar-refractivity contribution in [1.29, 1.82) is 0 Å². The number of aromatic nitrogens is 1. The molecule has 164 valence electrons. The highest BCUT2D eigenvalue weighted by Gasteiger charge is 2.34. The van der Waals surface area contributed by atoms with Crippen LogP contribution in [-0.2, 0) is 17.4 Å². The Morgan fingerprint density at radius 2 is 1.94 bits per heavy atom. The maximum atomic E-state index is 13.7. The summed E-state index contributed by atoms with van der Waals surface area (Å²) < 4.78 is 41.0. The van der Waals surface area contributed by atoms with Gasteiger partial charge < -0.3 is 10.6 Å². The van der Waals surface area contributed by atoms with Crippen molar-refractivity contribution in [2.24, 2.45) is 4.99 Å². The van der Waals surface area contributed by atoms with E-state index in [9.17, 15) is 18.0 Å². The van der Waals surface area contributed by atoms with Crippen LogP contribution in [0.4, 0.5) is 30.2 Å². The second kappa shape index (κ2) is 8.82. The van der Waals surface area contributed by atoms with Crippen molar-refractivity contribution in [3.05, 3.63) is 83.2 Å². The van der Waals surface area contributed by atoms with Crippen LogP contribution in [0.25, 0.3) is 0 Å². The van der Waals surface area contributed by atoms with E-state index in [1.54, 1.807) is 18.5 Å². The summed E-state index contributed by atoms with van der Waals surface area (Å²) in [6, 6.07) is 13.0. The minimum Gasteiger partial charge on any atom is -0.384 e. The van der Waals surface area contributed by atoms with Gasteiger partial charge in [-0.1, -0.05) is 12.1 Å². The molecule has 0 radical (unpaired) electrons. The van der Waals surface area contributed by atoms with E-state index in [-0.39, 0.29) is 17.3 Å². The first-order chi connectivity index (χ1) is 15.3. The van der Waals surface area contributed by atoms with Gasteiger partial charge in [0.25, 0.3) is 0 Å². The highest BCUT2D eigenvalue weighted by molar-refractivity contribution is 6.13. The number of hydrogen-bond acceptors (Lipinski definition) is 4. The molecule has 1 atom stereocenters. The molecule has 4 rings (SSSR count). The van der Waals surface area contributed by atoms with Gasteiger partial charge in [0.1, 0.15) is 5.92 Å². The average Bonchev–Trinajstić information content (AvgIpc) is 3.09. The summed E-state index contributed by atoms with van der Waals surface area (Å²) in [5.41, 5.74) is 2.73. The van der Waals surface area contributed by atoms with E-state index in [0.717, 1.165) is 22.8 Å². The zero-order valence-electron chi connectivity index (χ0n) is 17.3. The van der Waals surface area contributed by atoms with Crippen molar-refractivity contribution < 1.29 is 18.0 Å². The van der Waals surface area contributed by atoms with Crippen LogP contribution in [0.2, 0.25) is 0 Å². The number of aryl methyl sites for hydroxylation is 1. The lowest BCUT2D eigenvalue weighted by Crippen LogP contribution is -2.13. The lowest BCUT2D eigenvalue weighted by Gasteiger charge is -2.15. The largest absolute Gasteiger partial charge is 0.418 e. The Kier molecular flexibility index (Phi) is 5.94. The van der Waals surface area contributed by atoms with Crippen LogP contribution in [0.1, 0.15) is 28.2 Å². The number of nitrogens with one attached hydrogen (secondary N) is 2. The molecule has 1 aliphatic heterocycles. The van der Waals surface area contributed by atoms with Crippen LogP contribution < -0.4 is 10.6 Å². The zero-order chi connectivity index (χ0) is 22.7. The van der Waals surface area contributed by atoms with Gasteiger partial charge in [0.2, 0.25) is 5.91 Å². The molecular formula is C24H21F3N4O. The minimum absolute atomic E-state index is 0.00898. The molecule has 0 saturated carbocycles. The first-order valence-corrected chi connectivity index (χ1v) is 10.1. The van der Waals surface area contributed by atoms with E-state index >= 15 is 0 Å². The number of fused-ring (bicyclic) bond motifs is 1. The topological polar surface area (TPSA) is 66.4 Å². The third-order valence-corrected chi connectivity index (χ3v) is 5.34. The number of carbonyl (C=O) groups is 1. The summed E-state index contributed by atoms with van der Waals surface area (Å²) in [6.07, 6.45) is 0.718. The smallest absolute Gasteiger partial charge is 0.384 e. The number of anilines is 2. The number of alkyl halides is 3. The molecule has 32 heavy (non-hydrogen) atoms. The fourth-order valence-corrected chi connectivity index (χ4v) is 3.74. The maximum Gasteiger partial charge on any atom is 0.418 e. The van der Waals surface area contributed by atoms with Crippen molar-refractivity contribution in [3.8, 4) is 0 Å². The van der Waals surface area contributed by atoms with Gasteiger partial charge in [0.15, 0.2) is 0 Å².